The molecule has 0 fully saturated rings. The lowest BCUT2D eigenvalue weighted by Crippen LogP contribution is -2.15. The van der Waals surface area contributed by atoms with E-state index in [0.717, 1.165) is 21.9 Å². The third kappa shape index (κ3) is 5.28. The van der Waals surface area contributed by atoms with Crippen LogP contribution in [0.3, 0.4) is 0 Å². The van der Waals surface area contributed by atoms with Gasteiger partial charge in [-0.25, -0.2) is 0 Å². The number of benzene rings is 2. The fourth-order valence-corrected chi connectivity index (χ4v) is 4.33. The third-order valence-electron chi connectivity index (χ3n) is 3.95. The Morgan fingerprint density at radius 2 is 1.85 bits per heavy atom. The molecule has 0 aliphatic heterocycles. The number of ether oxygens (including phenoxy) is 2. The van der Waals surface area contributed by atoms with Crippen LogP contribution in [0.15, 0.2) is 64.2 Å². The van der Waals surface area contributed by atoms with Gasteiger partial charge < -0.3 is 14.8 Å². The maximum Gasteiger partial charge on any atom is 0.228 e. The molecule has 6 heteroatoms. The molecule has 0 spiro atoms. The van der Waals surface area contributed by atoms with Crippen molar-refractivity contribution < 1.29 is 14.3 Å². The lowest BCUT2D eigenvalue weighted by molar-refractivity contribution is -0.115. The van der Waals surface area contributed by atoms with Gasteiger partial charge in [-0.3, -0.25) is 4.79 Å². The molecule has 0 unspecified atom stereocenters. The first-order chi connectivity index (χ1) is 13.2. The van der Waals surface area contributed by atoms with Crippen molar-refractivity contribution in [3.05, 3.63) is 70.4 Å². The first-order valence-electron chi connectivity index (χ1n) is 8.43. The minimum absolute atomic E-state index is 0.0641. The average molecular weight is 400 g/mol. The number of methoxy groups -OCH3 is 2. The van der Waals surface area contributed by atoms with Gasteiger partial charge in [0.25, 0.3) is 0 Å². The number of nitrogens with one attached hydrogen (secondary N) is 1. The SMILES string of the molecule is COc1ccc(CC(=O)Nc2ccccc2SCc2ccsc2)cc1OC. The number of anilines is 1. The zero-order valence-corrected chi connectivity index (χ0v) is 16.9. The van der Waals surface area contributed by atoms with Crippen molar-refractivity contribution in [2.24, 2.45) is 0 Å². The standard InChI is InChI=1S/C21H21NO3S2/c1-24-18-8-7-15(11-19(18)25-2)12-21(23)22-17-5-3-4-6-20(17)27-14-16-9-10-26-13-16/h3-11,13H,12,14H2,1-2H3,(H,22,23). The maximum atomic E-state index is 12.5. The molecule has 3 rings (SSSR count). The number of para-hydroxylation sites is 1. The van der Waals surface area contributed by atoms with E-state index in [1.54, 1.807) is 37.3 Å². The average Bonchev–Trinajstić information content (AvgIpc) is 3.20. The highest BCUT2D eigenvalue weighted by Crippen LogP contribution is 2.31. The summed E-state index contributed by atoms with van der Waals surface area (Å²) in [7, 11) is 3.18. The zero-order valence-electron chi connectivity index (χ0n) is 15.2. The molecular weight excluding hydrogens is 378 g/mol. The molecule has 0 saturated heterocycles. The molecule has 0 aliphatic rings. The van der Waals surface area contributed by atoms with Crippen molar-refractivity contribution in [3.63, 3.8) is 0 Å². The summed E-state index contributed by atoms with van der Waals surface area (Å²) in [6.45, 7) is 0. The molecule has 1 amide bonds. The van der Waals surface area contributed by atoms with Crippen LogP contribution in [0.25, 0.3) is 0 Å². The number of carbonyl (C=O) groups excluding carboxylic acids is 1. The summed E-state index contributed by atoms with van der Waals surface area (Å²) in [5.74, 6) is 2.09. The second-order valence-corrected chi connectivity index (χ2v) is 7.63. The highest BCUT2D eigenvalue weighted by molar-refractivity contribution is 7.98. The minimum Gasteiger partial charge on any atom is -0.493 e. The molecule has 0 aliphatic carbocycles. The van der Waals surface area contributed by atoms with Crippen molar-refractivity contribution in [1.29, 1.82) is 0 Å². The molecule has 1 aromatic heterocycles. The van der Waals surface area contributed by atoms with Crippen LogP contribution in [0.4, 0.5) is 5.69 Å². The summed E-state index contributed by atoms with van der Waals surface area (Å²) in [6.07, 6.45) is 0.268. The Bertz CT molecular complexity index is 894. The molecule has 27 heavy (non-hydrogen) atoms. The minimum atomic E-state index is -0.0641. The summed E-state index contributed by atoms with van der Waals surface area (Å²) in [6, 6.07) is 15.5. The molecule has 0 radical (unpaired) electrons. The highest BCUT2D eigenvalue weighted by Gasteiger charge is 2.11. The fraction of sp³-hybridized carbons (Fsp3) is 0.190. The van der Waals surface area contributed by atoms with E-state index in [4.69, 9.17) is 9.47 Å². The van der Waals surface area contributed by atoms with Crippen LogP contribution < -0.4 is 14.8 Å². The van der Waals surface area contributed by atoms with E-state index in [9.17, 15) is 4.79 Å². The van der Waals surface area contributed by atoms with E-state index < -0.39 is 0 Å². The van der Waals surface area contributed by atoms with Gasteiger partial charge in [0.15, 0.2) is 11.5 Å². The van der Waals surface area contributed by atoms with E-state index in [0.29, 0.717) is 11.5 Å². The van der Waals surface area contributed by atoms with Gasteiger partial charge in [-0.2, -0.15) is 11.3 Å². The van der Waals surface area contributed by atoms with Crippen LogP contribution in [0, 0.1) is 0 Å². The Morgan fingerprint density at radius 3 is 2.59 bits per heavy atom. The van der Waals surface area contributed by atoms with E-state index in [1.165, 1.54) is 5.56 Å². The van der Waals surface area contributed by atoms with Crippen LogP contribution in [0.2, 0.25) is 0 Å². The van der Waals surface area contributed by atoms with Gasteiger partial charge in [0.1, 0.15) is 0 Å². The van der Waals surface area contributed by atoms with Gasteiger partial charge in [-0.05, 0) is 52.2 Å². The Kier molecular flexibility index (Phi) is 6.79. The zero-order chi connectivity index (χ0) is 19.1. The number of hydrogen-bond donors (Lipinski definition) is 1. The van der Waals surface area contributed by atoms with Crippen molar-refractivity contribution in [1.82, 2.24) is 0 Å². The Morgan fingerprint density at radius 1 is 1.04 bits per heavy atom. The topological polar surface area (TPSA) is 47.6 Å². The van der Waals surface area contributed by atoms with Crippen LogP contribution >= 0.6 is 23.1 Å². The van der Waals surface area contributed by atoms with Gasteiger partial charge in [0.2, 0.25) is 5.91 Å². The first-order valence-corrected chi connectivity index (χ1v) is 10.4. The number of rotatable bonds is 8. The number of thiophene rings is 1. The molecule has 0 atom stereocenters. The largest absolute Gasteiger partial charge is 0.493 e. The predicted octanol–water partition coefficient (Wildman–Crippen LogP) is 5.24. The van der Waals surface area contributed by atoms with Gasteiger partial charge >= 0.3 is 0 Å². The monoisotopic (exact) mass is 399 g/mol. The van der Waals surface area contributed by atoms with E-state index in [2.05, 4.69) is 22.1 Å². The summed E-state index contributed by atoms with van der Waals surface area (Å²) in [5.41, 5.74) is 2.99. The van der Waals surface area contributed by atoms with Crippen LogP contribution in [0.5, 0.6) is 11.5 Å². The van der Waals surface area contributed by atoms with E-state index in [1.807, 2.05) is 42.5 Å². The number of hydrogen-bond acceptors (Lipinski definition) is 5. The smallest absolute Gasteiger partial charge is 0.228 e. The quantitative estimate of drug-likeness (QED) is 0.526. The molecular formula is C21H21NO3S2. The molecule has 3 aromatic rings. The van der Waals surface area contributed by atoms with Crippen molar-refractivity contribution >= 4 is 34.7 Å². The molecule has 140 valence electrons. The Balaban J connectivity index is 1.65. The van der Waals surface area contributed by atoms with Crippen molar-refractivity contribution in [2.45, 2.75) is 17.1 Å². The second-order valence-electron chi connectivity index (χ2n) is 5.83. The molecule has 1 heterocycles. The van der Waals surface area contributed by atoms with E-state index >= 15 is 0 Å². The van der Waals surface area contributed by atoms with E-state index in [-0.39, 0.29) is 12.3 Å². The number of carbonyl (C=O) groups is 1. The van der Waals surface area contributed by atoms with Gasteiger partial charge in [-0.15, -0.1) is 11.8 Å². The fourth-order valence-electron chi connectivity index (χ4n) is 2.60. The highest BCUT2D eigenvalue weighted by atomic mass is 32.2. The normalized spacial score (nSPS) is 10.4. The molecule has 1 N–H and O–H groups in total. The molecule has 2 aromatic carbocycles. The van der Waals surface area contributed by atoms with Gasteiger partial charge in [0, 0.05) is 10.6 Å². The number of amides is 1. The molecule has 0 saturated carbocycles. The third-order valence-corrected chi connectivity index (χ3v) is 5.82. The van der Waals surface area contributed by atoms with Crippen molar-refractivity contribution in [2.75, 3.05) is 19.5 Å². The summed E-state index contributed by atoms with van der Waals surface area (Å²) < 4.78 is 10.5. The Labute approximate surface area is 167 Å². The van der Waals surface area contributed by atoms with Crippen LogP contribution in [-0.4, -0.2) is 20.1 Å². The number of thioether (sulfide) groups is 1. The van der Waals surface area contributed by atoms with Crippen LogP contribution in [0.1, 0.15) is 11.1 Å². The van der Waals surface area contributed by atoms with Gasteiger partial charge in [-0.1, -0.05) is 18.2 Å². The van der Waals surface area contributed by atoms with Gasteiger partial charge in [0.05, 0.1) is 26.3 Å². The summed E-state index contributed by atoms with van der Waals surface area (Å²) in [4.78, 5) is 13.6. The lowest BCUT2D eigenvalue weighted by atomic mass is 10.1. The summed E-state index contributed by atoms with van der Waals surface area (Å²) >= 11 is 3.41. The Hall–Kier alpha value is -2.44. The summed E-state index contributed by atoms with van der Waals surface area (Å²) in [5, 5.41) is 7.25. The maximum absolute atomic E-state index is 12.5. The predicted molar refractivity (Wildman–Crippen MR) is 112 cm³/mol. The van der Waals surface area contributed by atoms with Crippen molar-refractivity contribution in [3.8, 4) is 11.5 Å². The second kappa shape index (κ2) is 9.48. The van der Waals surface area contributed by atoms with Crippen LogP contribution in [-0.2, 0) is 17.0 Å². The lowest BCUT2D eigenvalue weighted by Gasteiger charge is -2.12. The molecule has 4 nitrogen and oxygen atoms in total. The first kappa shape index (κ1) is 19.3. The molecule has 0 bridgehead atoms.